The lowest BCUT2D eigenvalue weighted by atomic mass is 10.1. The summed E-state index contributed by atoms with van der Waals surface area (Å²) >= 11 is 0. The van der Waals surface area contributed by atoms with Crippen LogP contribution in [0.5, 0.6) is 17.2 Å². The fourth-order valence-electron chi connectivity index (χ4n) is 2.43. The van der Waals surface area contributed by atoms with Crippen LogP contribution in [-0.4, -0.2) is 31.8 Å². The molecule has 0 radical (unpaired) electrons. The third kappa shape index (κ3) is 7.03. The average Bonchev–Trinajstić information content (AvgIpc) is 2.71. The predicted octanol–water partition coefficient (Wildman–Crippen LogP) is 3.57. The van der Waals surface area contributed by atoms with Crippen molar-refractivity contribution in [3.05, 3.63) is 58.0 Å². The van der Waals surface area contributed by atoms with Crippen molar-refractivity contribution in [3.63, 3.8) is 0 Å². The van der Waals surface area contributed by atoms with Gasteiger partial charge in [0.2, 0.25) is 5.43 Å². The number of carbonyl (C=O) groups is 1. The van der Waals surface area contributed by atoms with Crippen LogP contribution < -0.4 is 19.6 Å². The van der Waals surface area contributed by atoms with Gasteiger partial charge in [0.1, 0.15) is 18.1 Å². The summed E-state index contributed by atoms with van der Waals surface area (Å²) in [5.74, 6) is 1.45. The van der Waals surface area contributed by atoms with Gasteiger partial charge in [0.15, 0.2) is 5.75 Å². The third-order valence-electron chi connectivity index (χ3n) is 4.10. The van der Waals surface area contributed by atoms with Crippen LogP contribution in [0.15, 0.2) is 41.3 Å². The molecule has 0 saturated carbocycles. The van der Waals surface area contributed by atoms with Crippen molar-refractivity contribution >= 4 is 12.0 Å². The molecule has 0 aliphatic carbocycles. The highest BCUT2D eigenvalue weighted by atomic mass is 16.5. The Kier molecular flexibility index (Phi) is 8.33. The molecule has 2 aromatic rings. The van der Waals surface area contributed by atoms with Crippen molar-refractivity contribution in [1.82, 2.24) is 4.98 Å². The zero-order valence-corrected chi connectivity index (χ0v) is 17.2. The highest BCUT2D eigenvalue weighted by molar-refractivity contribution is 5.87. The van der Waals surface area contributed by atoms with Gasteiger partial charge in [-0.3, -0.25) is 4.79 Å². The van der Waals surface area contributed by atoms with Crippen molar-refractivity contribution in [3.8, 4) is 17.2 Å². The lowest BCUT2D eigenvalue weighted by Crippen LogP contribution is -2.12. The number of hydrogen-bond donors (Lipinski definition) is 1. The summed E-state index contributed by atoms with van der Waals surface area (Å²) in [6, 6.07) is 6.63. The fourth-order valence-corrected chi connectivity index (χ4v) is 2.43. The van der Waals surface area contributed by atoms with Crippen molar-refractivity contribution in [2.75, 3.05) is 20.8 Å². The lowest BCUT2D eigenvalue weighted by Gasteiger charge is -2.08. The van der Waals surface area contributed by atoms with Gasteiger partial charge in [0.05, 0.1) is 26.5 Å². The van der Waals surface area contributed by atoms with Crippen molar-refractivity contribution in [2.45, 2.75) is 26.9 Å². The lowest BCUT2D eigenvalue weighted by molar-refractivity contribution is -0.139. The molecule has 1 aromatic heterocycles. The van der Waals surface area contributed by atoms with E-state index < -0.39 is 5.97 Å². The second kappa shape index (κ2) is 10.9. The number of esters is 1. The monoisotopic (exact) mass is 401 g/mol. The van der Waals surface area contributed by atoms with Crippen LogP contribution in [0.2, 0.25) is 0 Å². The molecule has 1 heterocycles. The minimum atomic E-state index is -0.548. The van der Waals surface area contributed by atoms with Crippen LogP contribution in [0.3, 0.4) is 0 Å². The number of aromatic nitrogens is 1. The Balaban J connectivity index is 1.93. The van der Waals surface area contributed by atoms with Crippen molar-refractivity contribution in [2.24, 2.45) is 5.92 Å². The van der Waals surface area contributed by atoms with E-state index in [2.05, 4.69) is 18.8 Å². The smallest absolute Gasteiger partial charge is 0.331 e. The number of methoxy groups -OCH3 is 2. The van der Waals surface area contributed by atoms with Crippen molar-refractivity contribution in [1.29, 1.82) is 0 Å². The summed E-state index contributed by atoms with van der Waals surface area (Å²) in [6.45, 7) is 4.60. The highest BCUT2D eigenvalue weighted by Crippen LogP contribution is 2.25. The van der Waals surface area contributed by atoms with E-state index in [1.165, 1.54) is 18.3 Å². The number of benzene rings is 1. The molecule has 0 aliphatic heterocycles. The summed E-state index contributed by atoms with van der Waals surface area (Å²) in [6.07, 6.45) is 5.23. The first-order valence-corrected chi connectivity index (χ1v) is 9.34. The molecule has 7 heteroatoms. The van der Waals surface area contributed by atoms with E-state index in [4.69, 9.17) is 18.9 Å². The van der Waals surface area contributed by atoms with Crippen LogP contribution in [0, 0.1) is 5.92 Å². The number of aromatic amines is 1. The fraction of sp³-hybridized carbons (Fsp3) is 0.364. The van der Waals surface area contributed by atoms with Gasteiger partial charge in [-0.1, -0.05) is 13.8 Å². The van der Waals surface area contributed by atoms with Gasteiger partial charge >= 0.3 is 5.97 Å². The van der Waals surface area contributed by atoms with Gasteiger partial charge in [-0.15, -0.1) is 0 Å². The van der Waals surface area contributed by atoms with Crippen LogP contribution in [0.25, 0.3) is 6.08 Å². The Morgan fingerprint density at radius 1 is 1.14 bits per heavy atom. The molecule has 0 aliphatic rings. The molecule has 0 bridgehead atoms. The summed E-state index contributed by atoms with van der Waals surface area (Å²) in [7, 11) is 3.11. The van der Waals surface area contributed by atoms with Gasteiger partial charge in [-0.25, -0.2) is 4.79 Å². The maximum atomic E-state index is 12.1. The van der Waals surface area contributed by atoms with Crippen molar-refractivity contribution < 1.29 is 23.7 Å². The van der Waals surface area contributed by atoms with Crippen LogP contribution in [0.1, 0.15) is 31.5 Å². The molecule has 0 fully saturated rings. The zero-order valence-electron chi connectivity index (χ0n) is 17.2. The number of pyridine rings is 1. The van der Waals surface area contributed by atoms with E-state index in [-0.39, 0.29) is 17.8 Å². The van der Waals surface area contributed by atoms with E-state index >= 15 is 0 Å². The van der Waals surface area contributed by atoms with E-state index in [0.29, 0.717) is 35.3 Å². The van der Waals surface area contributed by atoms with Gasteiger partial charge in [0.25, 0.3) is 0 Å². The molecule has 1 N–H and O–H groups in total. The van der Waals surface area contributed by atoms with Crippen LogP contribution in [-0.2, 0) is 16.1 Å². The number of carbonyl (C=O) groups excluding carboxylic acids is 1. The molecule has 0 amide bonds. The normalized spacial score (nSPS) is 10.9. The molecular weight excluding hydrogens is 374 g/mol. The molecule has 29 heavy (non-hydrogen) atoms. The van der Waals surface area contributed by atoms with E-state index in [1.54, 1.807) is 38.5 Å². The Hall–Kier alpha value is -3.22. The summed E-state index contributed by atoms with van der Waals surface area (Å²) in [4.78, 5) is 27.0. The Labute approximate surface area is 170 Å². The number of nitrogens with one attached hydrogen (secondary N) is 1. The largest absolute Gasteiger partial charge is 0.497 e. The maximum absolute atomic E-state index is 12.1. The summed E-state index contributed by atoms with van der Waals surface area (Å²) < 4.78 is 21.1. The predicted molar refractivity (Wildman–Crippen MR) is 110 cm³/mol. The molecule has 2 rings (SSSR count). The molecule has 0 saturated heterocycles. The molecule has 7 nitrogen and oxygen atoms in total. The zero-order chi connectivity index (χ0) is 21.2. The molecule has 0 unspecified atom stereocenters. The first kappa shape index (κ1) is 22.1. The second-order valence-corrected chi connectivity index (χ2v) is 6.77. The SMILES string of the molecule is COc1ccc(OC)c(/C=C/C(=O)OCc2cc(=O)c(OCCC(C)C)c[nH]2)c1. The molecular formula is C22H27NO6. The van der Waals surface area contributed by atoms with Crippen LogP contribution >= 0.6 is 0 Å². The number of hydrogen-bond acceptors (Lipinski definition) is 6. The Bertz CT molecular complexity index is 900. The van der Waals surface area contributed by atoms with E-state index in [0.717, 1.165) is 6.42 Å². The quantitative estimate of drug-likeness (QED) is 0.484. The Morgan fingerprint density at radius 3 is 2.59 bits per heavy atom. The first-order valence-electron chi connectivity index (χ1n) is 9.34. The molecule has 0 spiro atoms. The Morgan fingerprint density at radius 2 is 1.93 bits per heavy atom. The maximum Gasteiger partial charge on any atom is 0.331 e. The van der Waals surface area contributed by atoms with E-state index in [1.807, 2.05) is 0 Å². The number of H-pyrrole nitrogens is 1. The standard InChI is InChI=1S/C22H27NO6/c1-15(2)9-10-28-21-13-23-17(12-19(21)24)14-29-22(25)8-5-16-11-18(26-3)6-7-20(16)27-4/h5-8,11-13,15H,9-10,14H2,1-4H3,(H,23,24)/b8-5+. The topological polar surface area (TPSA) is 86.8 Å². The minimum absolute atomic E-state index is 0.0556. The number of rotatable bonds is 10. The van der Waals surface area contributed by atoms with Gasteiger partial charge < -0.3 is 23.9 Å². The average molecular weight is 401 g/mol. The van der Waals surface area contributed by atoms with Gasteiger partial charge in [-0.05, 0) is 36.6 Å². The summed E-state index contributed by atoms with van der Waals surface area (Å²) in [5.41, 5.74) is 0.905. The molecule has 1 aromatic carbocycles. The molecule has 0 atom stereocenters. The highest BCUT2D eigenvalue weighted by Gasteiger charge is 2.07. The summed E-state index contributed by atoms with van der Waals surface area (Å²) in [5, 5.41) is 0. The third-order valence-corrected chi connectivity index (χ3v) is 4.10. The van der Waals surface area contributed by atoms with E-state index in [9.17, 15) is 9.59 Å². The van der Waals surface area contributed by atoms with Crippen LogP contribution in [0.4, 0.5) is 0 Å². The number of ether oxygens (including phenoxy) is 4. The van der Waals surface area contributed by atoms with Gasteiger partial charge in [-0.2, -0.15) is 0 Å². The second-order valence-electron chi connectivity index (χ2n) is 6.77. The molecule has 156 valence electrons. The van der Waals surface area contributed by atoms with Gasteiger partial charge in [0, 0.05) is 23.9 Å². The first-order chi connectivity index (χ1) is 13.9. The minimum Gasteiger partial charge on any atom is -0.497 e.